The van der Waals surface area contributed by atoms with E-state index < -0.39 is 0 Å². The Morgan fingerprint density at radius 1 is 0.958 bits per heavy atom. The summed E-state index contributed by atoms with van der Waals surface area (Å²) in [4.78, 5) is 4.93. The Labute approximate surface area is 144 Å². The lowest BCUT2D eigenvalue weighted by Crippen LogP contribution is -2.37. The minimum Gasteiger partial charge on any atom is -0.302 e. The van der Waals surface area contributed by atoms with Gasteiger partial charge in [0.05, 0.1) is 0 Å². The van der Waals surface area contributed by atoms with Gasteiger partial charge in [0.15, 0.2) is 0 Å². The van der Waals surface area contributed by atoms with Crippen LogP contribution in [-0.2, 0) is 13.1 Å². The van der Waals surface area contributed by atoms with Gasteiger partial charge in [0.25, 0.3) is 0 Å². The van der Waals surface area contributed by atoms with Crippen molar-refractivity contribution in [3.8, 4) is 0 Å². The lowest BCUT2D eigenvalue weighted by molar-refractivity contribution is 0.147. The molecule has 1 aliphatic heterocycles. The van der Waals surface area contributed by atoms with E-state index in [9.17, 15) is 4.39 Å². The first-order valence-corrected chi connectivity index (χ1v) is 8.88. The maximum absolute atomic E-state index is 13.0. The fraction of sp³-hybridized carbons (Fsp3) is 0.429. The molecule has 0 N–H and O–H groups in total. The Kier molecular flexibility index (Phi) is 6.00. The summed E-state index contributed by atoms with van der Waals surface area (Å²) in [5, 5.41) is 0. The average molecular weight is 326 g/mol. The van der Waals surface area contributed by atoms with Crippen LogP contribution in [0.1, 0.15) is 24.0 Å². The molecule has 2 nitrogen and oxygen atoms in total. The van der Waals surface area contributed by atoms with E-state index in [1.54, 1.807) is 12.1 Å². The van der Waals surface area contributed by atoms with Crippen LogP contribution in [-0.4, -0.2) is 36.5 Å². The van der Waals surface area contributed by atoms with E-state index >= 15 is 0 Å². The Morgan fingerprint density at radius 2 is 1.62 bits per heavy atom. The van der Waals surface area contributed by atoms with Crippen molar-refractivity contribution in [3.63, 3.8) is 0 Å². The highest BCUT2D eigenvalue weighted by Crippen LogP contribution is 2.20. The van der Waals surface area contributed by atoms with Crippen molar-refractivity contribution < 1.29 is 4.39 Å². The first-order valence-electron chi connectivity index (χ1n) is 8.88. The molecule has 0 aliphatic carbocycles. The van der Waals surface area contributed by atoms with Crippen molar-refractivity contribution in [3.05, 3.63) is 71.5 Å². The van der Waals surface area contributed by atoms with Gasteiger partial charge >= 0.3 is 0 Å². The Bertz CT molecular complexity index is 603. The van der Waals surface area contributed by atoms with Crippen molar-refractivity contribution >= 4 is 0 Å². The highest BCUT2D eigenvalue weighted by molar-refractivity contribution is 5.16. The monoisotopic (exact) mass is 326 g/mol. The molecule has 0 unspecified atom stereocenters. The first kappa shape index (κ1) is 17.1. The Balaban J connectivity index is 1.41. The van der Waals surface area contributed by atoms with Crippen LogP contribution >= 0.6 is 0 Å². The maximum Gasteiger partial charge on any atom is 0.123 e. The summed E-state index contributed by atoms with van der Waals surface area (Å²) in [7, 11) is 2.22. The van der Waals surface area contributed by atoms with Crippen molar-refractivity contribution in [1.82, 2.24) is 9.80 Å². The van der Waals surface area contributed by atoms with Crippen LogP contribution in [0.5, 0.6) is 0 Å². The van der Waals surface area contributed by atoms with E-state index in [0.29, 0.717) is 0 Å². The van der Waals surface area contributed by atoms with Crippen LogP contribution in [0.3, 0.4) is 0 Å². The second-order valence-corrected chi connectivity index (χ2v) is 7.03. The van der Waals surface area contributed by atoms with Gasteiger partial charge in [0.1, 0.15) is 5.82 Å². The molecule has 2 aromatic carbocycles. The molecule has 0 bridgehead atoms. The number of hydrogen-bond acceptors (Lipinski definition) is 2. The third-order valence-electron chi connectivity index (χ3n) is 4.89. The van der Waals surface area contributed by atoms with Gasteiger partial charge in [-0.25, -0.2) is 4.39 Å². The molecular formula is C21H27FN2. The predicted octanol–water partition coefficient (Wildman–Crippen LogP) is 4.17. The third kappa shape index (κ3) is 5.15. The third-order valence-corrected chi connectivity index (χ3v) is 4.89. The largest absolute Gasteiger partial charge is 0.302 e. The number of piperidine rings is 1. The highest BCUT2D eigenvalue weighted by Gasteiger charge is 2.20. The number of benzene rings is 2. The highest BCUT2D eigenvalue weighted by atomic mass is 19.1. The SMILES string of the molecule is CN(Cc1ccccc1)CC1CCN(Cc2ccc(F)cc2)CC1. The molecule has 128 valence electrons. The molecule has 1 fully saturated rings. The number of rotatable bonds is 6. The normalized spacial score (nSPS) is 16.6. The fourth-order valence-corrected chi connectivity index (χ4v) is 3.58. The van der Waals surface area contributed by atoms with Crippen LogP contribution in [0.15, 0.2) is 54.6 Å². The standard InChI is InChI=1S/C21H27FN2/c1-23(15-18-5-3-2-4-6-18)16-20-11-13-24(14-12-20)17-19-7-9-21(22)10-8-19/h2-10,20H,11-17H2,1H3. The number of hydrogen-bond donors (Lipinski definition) is 0. The van der Waals surface area contributed by atoms with Gasteiger partial charge in [-0.3, -0.25) is 4.90 Å². The summed E-state index contributed by atoms with van der Waals surface area (Å²) in [6, 6.07) is 17.6. The van der Waals surface area contributed by atoms with Crippen molar-refractivity contribution in [2.75, 3.05) is 26.7 Å². The van der Waals surface area contributed by atoms with Gasteiger partial charge in [-0.1, -0.05) is 42.5 Å². The molecule has 2 aromatic rings. The molecule has 3 rings (SSSR count). The van der Waals surface area contributed by atoms with Gasteiger partial charge in [-0.15, -0.1) is 0 Å². The summed E-state index contributed by atoms with van der Waals surface area (Å²) in [5.74, 6) is 0.627. The molecule has 0 aromatic heterocycles. The van der Waals surface area contributed by atoms with Gasteiger partial charge in [-0.2, -0.15) is 0 Å². The van der Waals surface area contributed by atoms with Crippen LogP contribution in [0, 0.1) is 11.7 Å². The van der Waals surface area contributed by atoms with Crippen molar-refractivity contribution in [2.24, 2.45) is 5.92 Å². The Morgan fingerprint density at radius 3 is 2.29 bits per heavy atom. The zero-order valence-corrected chi connectivity index (χ0v) is 14.5. The fourth-order valence-electron chi connectivity index (χ4n) is 3.58. The molecule has 1 heterocycles. The molecule has 0 amide bonds. The molecule has 3 heteroatoms. The molecule has 1 saturated heterocycles. The van der Waals surface area contributed by atoms with E-state index in [-0.39, 0.29) is 5.82 Å². The van der Waals surface area contributed by atoms with E-state index in [2.05, 4.69) is 47.2 Å². The minimum atomic E-state index is -0.154. The van der Waals surface area contributed by atoms with Crippen LogP contribution < -0.4 is 0 Å². The van der Waals surface area contributed by atoms with Gasteiger partial charge < -0.3 is 4.90 Å². The first-order chi connectivity index (χ1) is 11.7. The molecule has 0 atom stereocenters. The van der Waals surface area contributed by atoms with Crippen LogP contribution in [0.25, 0.3) is 0 Å². The minimum absolute atomic E-state index is 0.154. The van der Waals surface area contributed by atoms with E-state index in [0.717, 1.165) is 32.1 Å². The summed E-state index contributed by atoms with van der Waals surface area (Å²) in [5.41, 5.74) is 2.59. The maximum atomic E-state index is 13.0. The summed E-state index contributed by atoms with van der Waals surface area (Å²) in [6.07, 6.45) is 2.50. The number of likely N-dealkylation sites (tertiary alicyclic amines) is 1. The Hall–Kier alpha value is -1.71. The second kappa shape index (κ2) is 8.41. The average Bonchev–Trinajstić information content (AvgIpc) is 2.59. The zero-order chi connectivity index (χ0) is 16.8. The summed E-state index contributed by atoms with van der Waals surface area (Å²) >= 11 is 0. The van der Waals surface area contributed by atoms with Crippen molar-refractivity contribution in [1.29, 1.82) is 0 Å². The van der Waals surface area contributed by atoms with Gasteiger partial charge in [0, 0.05) is 19.6 Å². The van der Waals surface area contributed by atoms with Crippen molar-refractivity contribution in [2.45, 2.75) is 25.9 Å². The zero-order valence-electron chi connectivity index (χ0n) is 14.5. The van der Waals surface area contributed by atoms with E-state index in [4.69, 9.17) is 0 Å². The van der Waals surface area contributed by atoms with Crippen LogP contribution in [0.4, 0.5) is 4.39 Å². The smallest absolute Gasteiger partial charge is 0.123 e. The van der Waals surface area contributed by atoms with Gasteiger partial charge in [-0.05, 0) is 62.2 Å². The molecule has 1 aliphatic rings. The molecule has 24 heavy (non-hydrogen) atoms. The molecule has 0 radical (unpaired) electrons. The molecule has 0 saturated carbocycles. The van der Waals surface area contributed by atoms with Gasteiger partial charge in [0.2, 0.25) is 0 Å². The van der Waals surface area contributed by atoms with Crippen LogP contribution in [0.2, 0.25) is 0 Å². The molecule has 0 spiro atoms. The summed E-state index contributed by atoms with van der Waals surface area (Å²) in [6.45, 7) is 5.41. The quantitative estimate of drug-likeness (QED) is 0.786. The topological polar surface area (TPSA) is 6.48 Å². The summed E-state index contributed by atoms with van der Waals surface area (Å²) < 4.78 is 13.0. The lowest BCUT2D eigenvalue weighted by Gasteiger charge is -2.34. The number of halogens is 1. The number of nitrogens with zero attached hydrogens (tertiary/aromatic N) is 2. The predicted molar refractivity (Wildman–Crippen MR) is 97.2 cm³/mol. The molecular weight excluding hydrogens is 299 g/mol. The van der Waals surface area contributed by atoms with E-state index in [1.807, 2.05) is 12.1 Å². The van der Waals surface area contributed by atoms with E-state index in [1.165, 1.54) is 30.5 Å². The lowest BCUT2D eigenvalue weighted by atomic mass is 9.95. The second-order valence-electron chi connectivity index (χ2n) is 7.03.